The predicted octanol–water partition coefficient (Wildman–Crippen LogP) is 3.65. The van der Waals surface area contributed by atoms with Crippen molar-refractivity contribution in [1.82, 2.24) is 29.6 Å². The van der Waals surface area contributed by atoms with E-state index in [1.54, 1.807) is 29.1 Å². The lowest BCUT2D eigenvalue weighted by Crippen LogP contribution is -2.36. The van der Waals surface area contributed by atoms with Crippen molar-refractivity contribution in [3.8, 4) is 11.8 Å². The molecule has 0 aromatic carbocycles. The monoisotopic (exact) mass is 565 g/mol. The third kappa shape index (κ3) is 6.94. The first kappa shape index (κ1) is 29.8. The van der Waals surface area contributed by atoms with Crippen molar-refractivity contribution in [2.75, 3.05) is 31.3 Å². The minimum Gasteiger partial charge on any atom is -0.495 e. The number of aliphatic hydroxyl groups excluding tert-OH is 1. The lowest BCUT2D eigenvalue weighted by molar-refractivity contribution is 0.0221. The number of nitrogens with two attached hydrogens (primary N) is 1. The van der Waals surface area contributed by atoms with Crippen LogP contribution in [0, 0.1) is 17.2 Å². The molecule has 13 heteroatoms. The number of rotatable bonds is 10. The fourth-order valence-electron chi connectivity index (χ4n) is 5.10. The van der Waals surface area contributed by atoms with E-state index in [9.17, 15) is 15.2 Å². The first-order chi connectivity index (χ1) is 19.6. The zero-order valence-corrected chi connectivity index (χ0v) is 24.3. The molecular weight excluding hydrogens is 526 g/mol. The first-order valence-corrected chi connectivity index (χ1v) is 13.8. The SMILES string of the molecule is CCCC(CCO)Nc1nc(N)nc2cnn(Cc3ncc(C4C[C@@H](C#N)CN4C(=O)OC(C)(C)C)cc3OC)c12. The highest BCUT2D eigenvalue weighted by atomic mass is 16.6. The topological polar surface area (TPSA) is 177 Å². The fraction of sp³-hybridized carbons (Fsp3) is 0.571. The van der Waals surface area contributed by atoms with Gasteiger partial charge in [0.1, 0.15) is 28.1 Å². The number of likely N-dealkylation sites (tertiary alicyclic amines) is 1. The highest BCUT2D eigenvalue weighted by Gasteiger charge is 2.39. The molecule has 0 aliphatic carbocycles. The number of ether oxygens (including phenoxy) is 2. The highest BCUT2D eigenvalue weighted by Crippen LogP contribution is 2.38. The van der Waals surface area contributed by atoms with Gasteiger partial charge in [-0.3, -0.25) is 14.6 Å². The largest absolute Gasteiger partial charge is 0.495 e. The molecule has 3 aromatic rings. The predicted molar refractivity (Wildman–Crippen MR) is 153 cm³/mol. The summed E-state index contributed by atoms with van der Waals surface area (Å²) in [4.78, 5) is 28.0. The molecule has 13 nitrogen and oxygen atoms in total. The molecule has 1 fully saturated rings. The van der Waals surface area contributed by atoms with Gasteiger partial charge in [-0.1, -0.05) is 13.3 Å². The first-order valence-electron chi connectivity index (χ1n) is 13.8. The maximum atomic E-state index is 13.0. The molecule has 4 rings (SSSR count). The third-order valence-corrected chi connectivity index (χ3v) is 6.93. The molecule has 1 aliphatic rings. The number of nitriles is 1. The Morgan fingerprint density at radius 2 is 2.10 bits per heavy atom. The summed E-state index contributed by atoms with van der Waals surface area (Å²) < 4.78 is 13.1. The van der Waals surface area contributed by atoms with Crippen LogP contribution in [0.2, 0.25) is 0 Å². The van der Waals surface area contributed by atoms with Crippen LogP contribution >= 0.6 is 0 Å². The molecule has 1 aliphatic heterocycles. The number of nitrogen functional groups attached to an aromatic ring is 1. The second-order valence-corrected chi connectivity index (χ2v) is 11.2. The molecule has 3 aromatic heterocycles. The van der Waals surface area contributed by atoms with E-state index >= 15 is 0 Å². The molecule has 0 bridgehead atoms. The van der Waals surface area contributed by atoms with Crippen LogP contribution in [0.15, 0.2) is 18.5 Å². The maximum absolute atomic E-state index is 13.0. The van der Waals surface area contributed by atoms with Gasteiger partial charge in [-0.25, -0.2) is 9.78 Å². The van der Waals surface area contributed by atoms with Crippen molar-refractivity contribution in [2.45, 2.75) is 77.6 Å². The van der Waals surface area contributed by atoms with E-state index in [-0.39, 0.29) is 43.6 Å². The molecule has 1 amide bonds. The summed E-state index contributed by atoms with van der Waals surface area (Å²) in [6.45, 7) is 8.12. The van der Waals surface area contributed by atoms with E-state index in [4.69, 9.17) is 20.2 Å². The number of hydrogen-bond acceptors (Lipinski definition) is 11. The number of pyridine rings is 1. The Morgan fingerprint density at radius 1 is 1.32 bits per heavy atom. The number of amides is 1. The van der Waals surface area contributed by atoms with E-state index in [2.05, 4.69) is 33.4 Å². The number of hydrogen-bond donors (Lipinski definition) is 3. The van der Waals surface area contributed by atoms with Crippen molar-refractivity contribution in [3.05, 3.63) is 29.7 Å². The Labute approximate surface area is 239 Å². The van der Waals surface area contributed by atoms with Crippen LogP contribution in [0.3, 0.4) is 0 Å². The van der Waals surface area contributed by atoms with Crippen LogP contribution in [-0.2, 0) is 11.3 Å². The summed E-state index contributed by atoms with van der Waals surface area (Å²) in [5.74, 6) is 0.870. The van der Waals surface area contributed by atoms with Gasteiger partial charge in [0.15, 0.2) is 5.82 Å². The van der Waals surface area contributed by atoms with Crippen molar-refractivity contribution in [2.24, 2.45) is 5.92 Å². The summed E-state index contributed by atoms with van der Waals surface area (Å²) in [5, 5.41) is 27.0. The number of fused-ring (bicyclic) bond motifs is 1. The molecule has 0 radical (unpaired) electrons. The van der Waals surface area contributed by atoms with Crippen molar-refractivity contribution < 1.29 is 19.4 Å². The molecule has 0 saturated carbocycles. The van der Waals surface area contributed by atoms with Crippen molar-refractivity contribution >= 4 is 28.9 Å². The molecule has 0 spiro atoms. The second kappa shape index (κ2) is 12.6. The zero-order chi connectivity index (χ0) is 29.7. The van der Waals surface area contributed by atoms with Gasteiger partial charge in [0, 0.05) is 25.4 Å². The molecule has 4 N–H and O–H groups in total. The van der Waals surface area contributed by atoms with Gasteiger partial charge >= 0.3 is 6.09 Å². The lowest BCUT2D eigenvalue weighted by Gasteiger charge is -2.28. The van der Waals surface area contributed by atoms with E-state index < -0.39 is 11.7 Å². The normalized spacial score (nSPS) is 17.8. The van der Waals surface area contributed by atoms with Gasteiger partial charge in [0.25, 0.3) is 0 Å². The molecule has 41 heavy (non-hydrogen) atoms. The minimum atomic E-state index is -0.657. The number of nitrogens with zero attached hydrogens (tertiary/aromatic N) is 7. The summed E-state index contributed by atoms with van der Waals surface area (Å²) in [7, 11) is 1.56. The number of nitrogens with one attached hydrogen (secondary N) is 1. The Morgan fingerprint density at radius 3 is 2.76 bits per heavy atom. The molecule has 3 atom stereocenters. The number of aromatic nitrogens is 5. The average Bonchev–Trinajstić information content (AvgIpc) is 3.53. The second-order valence-electron chi connectivity index (χ2n) is 11.2. The van der Waals surface area contributed by atoms with Gasteiger partial charge in [-0.15, -0.1) is 0 Å². The van der Waals surface area contributed by atoms with Gasteiger partial charge in [-0.05, 0) is 51.7 Å². The smallest absolute Gasteiger partial charge is 0.410 e. The van der Waals surface area contributed by atoms with E-state index in [1.807, 2.05) is 26.8 Å². The van der Waals surface area contributed by atoms with Crippen LogP contribution in [0.5, 0.6) is 5.75 Å². The average molecular weight is 566 g/mol. The standard InChI is InChI=1S/C28H39N9O4/c1-6-7-19(8-9-38)33-25-24-20(34-26(30)35-25)14-32-37(24)16-21-23(40-5)11-18(13-31-21)22-10-17(12-29)15-36(22)27(39)41-28(2,3)4/h11,13-14,17,19,22,38H,6-10,15-16H2,1-5H3,(H3,30,33,34,35)/t17-,19?,22?/m0/s1. The third-order valence-electron chi connectivity index (χ3n) is 6.93. The van der Waals surface area contributed by atoms with Gasteiger partial charge < -0.3 is 25.6 Å². The summed E-state index contributed by atoms with van der Waals surface area (Å²) in [6.07, 6.45) is 5.70. The lowest BCUT2D eigenvalue weighted by atomic mass is 10.0. The van der Waals surface area contributed by atoms with Gasteiger partial charge in [-0.2, -0.15) is 15.3 Å². The van der Waals surface area contributed by atoms with Crippen molar-refractivity contribution in [1.29, 1.82) is 5.26 Å². The molecule has 220 valence electrons. The van der Waals surface area contributed by atoms with Crippen LogP contribution in [-0.4, -0.2) is 72.7 Å². The number of carbonyl (C=O) groups excluding carboxylic acids is 1. The van der Waals surface area contributed by atoms with Crippen LogP contribution < -0.4 is 15.8 Å². The summed E-state index contributed by atoms with van der Waals surface area (Å²) in [6, 6.07) is 3.77. The number of methoxy groups -OCH3 is 1. The van der Waals surface area contributed by atoms with Crippen molar-refractivity contribution in [3.63, 3.8) is 0 Å². The van der Waals surface area contributed by atoms with E-state index in [0.717, 1.165) is 18.4 Å². The van der Waals surface area contributed by atoms with Crippen LogP contribution in [0.4, 0.5) is 16.6 Å². The maximum Gasteiger partial charge on any atom is 0.410 e. The summed E-state index contributed by atoms with van der Waals surface area (Å²) >= 11 is 0. The molecular formula is C28H39N9O4. The minimum absolute atomic E-state index is 0.00867. The Bertz CT molecular complexity index is 1410. The zero-order valence-electron chi connectivity index (χ0n) is 24.3. The van der Waals surface area contributed by atoms with Crippen LogP contribution in [0.25, 0.3) is 11.0 Å². The van der Waals surface area contributed by atoms with Crippen LogP contribution in [0.1, 0.15) is 70.7 Å². The van der Waals surface area contributed by atoms with Gasteiger partial charge in [0.05, 0.1) is 37.9 Å². The Balaban J connectivity index is 1.65. The molecule has 2 unspecified atom stereocenters. The van der Waals surface area contributed by atoms with E-state index in [0.29, 0.717) is 41.1 Å². The fourth-order valence-corrected chi connectivity index (χ4v) is 5.10. The molecule has 4 heterocycles. The summed E-state index contributed by atoms with van der Waals surface area (Å²) in [5.41, 5.74) is 7.93. The Kier molecular flexibility index (Phi) is 9.12. The highest BCUT2D eigenvalue weighted by molar-refractivity contribution is 5.86. The quantitative estimate of drug-likeness (QED) is 0.327. The van der Waals surface area contributed by atoms with E-state index in [1.165, 1.54) is 0 Å². The number of carbonyl (C=O) groups is 1. The Hall–Kier alpha value is -4.18. The molecule has 1 saturated heterocycles. The number of aliphatic hydroxyl groups is 1. The van der Waals surface area contributed by atoms with Gasteiger partial charge in [0.2, 0.25) is 5.95 Å². The number of anilines is 2.